The molecule has 1 amide bonds. The molecule has 0 radical (unpaired) electrons. The van der Waals surface area contributed by atoms with Crippen molar-refractivity contribution in [3.63, 3.8) is 0 Å². The Morgan fingerprint density at radius 2 is 1.63 bits per heavy atom. The predicted octanol–water partition coefficient (Wildman–Crippen LogP) is 2.50. The highest BCUT2D eigenvalue weighted by atomic mass is 32.2. The van der Waals surface area contributed by atoms with Crippen LogP contribution in [0, 0.1) is 0 Å². The second-order valence-electron chi connectivity index (χ2n) is 6.19. The van der Waals surface area contributed by atoms with Crippen LogP contribution in [-0.2, 0) is 38.1 Å². The summed E-state index contributed by atoms with van der Waals surface area (Å²) in [5.74, 6) is -0.0382. The van der Waals surface area contributed by atoms with E-state index in [0.29, 0.717) is 12.3 Å². The Hall–Kier alpha value is -2.67. The third-order valence-corrected chi connectivity index (χ3v) is 5.38. The number of esters is 1. The first kappa shape index (κ1) is 19.1. The quantitative estimate of drug-likeness (QED) is 0.712. The molecule has 0 aromatic heterocycles. The molecule has 1 fully saturated rings. The molecule has 0 spiro atoms. The summed E-state index contributed by atoms with van der Waals surface area (Å²) < 4.78 is 22.3. The van der Waals surface area contributed by atoms with Crippen LogP contribution in [-0.4, -0.2) is 45.4 Å². The number of carbonyl (C=O) groups excluding carboxylic acids is 2. The largest absolute Gasteiger partial charge is 0.458 e. The summed E-state index contributed by atoms with van der Waals surface area (Å²) in [6.45, 7) is 0.471. The molecule has 2 unspecified atom stereocenters. The molecule has 0 aliphatic carbocycles. The topological polar surface area (TPSA) is 72.9 Å². The van der Waals surface area contributed by atoms with E-state index in [4.69, 9.17) is 9.47 Å². The number of ether oxygens (including phenoxy) is 2. The summed E-state index contributed by atoms with van der Waals surface area (Å²) in [7, 11) is -1.06. The maximum atomic E-state index is 12.6. The van der Waals surface area contributed by atoms with Gasteiger partial charge in [-0.05, 0) is 11.1 Å². The Morgan fingerprint density at radius 3 is 2.22 bits per heavy atom. The normalized spacial score (nSPS) is 17.3. The number of benzene rings is 2. The van der Waals surface area contributed by atoms with Crippen molar-refractivity contribution in [2.45, 2.75) is 19.1 Å². The van der Waals surface area contributed by atoms with Crippen LogP contribution in [0.5, 0.6) is 0 Å². The van der Waals surface area contributed by atoms with Crippen molar-refractivity contribution in [1.29, 1.82) is 0 Å². The Morgan fingerprint density at radius 1 is 1.00 bits per heavy atom. The summed E-state index contributed by atoms with van der Waals surface area (Å²) in [5.41, 5.74) is 1.71. The average molecular weight is 387 g/mol. The zero-order chi connectivity index (χ0) is 19.1. The summed E-state index contributed by atoms with van der Waals surface area (Å²) in [4.78, 5) is 26.2. The first-order valence-electron chi connectivity index (χ1n) is 8.67. The lowest BCUT2D eigenvalue weighted by Gasteiger charge is -2.20. The third kappa shape index (κ3) is 5.65. The minimum Gasteiger partial charge on any atom is -0.458 e. The fraction of sp³-hybridized carbons (Fsp3) is 0.300. The minimum absolute atomic E-state index is 0.107. The molecule has 0 N–H and O–H groups in total. The number of carbonyl (C=O) groups is 2. The van der Waals surface area contributed by atoms with Crippen molar-refractivity contribution in [1.82, 2.24) is 4.90 Å². The van der Waals surface area contributed by atoms with Crippen LogP contribution >= 0.6 is 0 Å². The monoisotopic (exact) mass is 387 g/mol. The van der Waals surface area contributed by atoms with Gasteiger partial charge in [-0.3, -0.25) is 9.11 Å². The second-order valence-corrected chi connectivity index (χ2v) is 7.74. The molecule has 1 heterocycles. The molecule has 0 bridgehead atoms. The highest BCUT2D eigenvalue weighted by Crippen LogP contribution is 2.13. The van der Waals surface area contributed by atoms with Gasteiger partial charge in [0.2, 0.25) is 6.10 Å². The van der Waals surface area contributed by atoms with Crippen molar-refractivity contribution < 1.29 is 23.3 Å². The van der Waals surface area contributed by atoms with Gasteiger partial charge in [-0.1, -0.05) is 60.7 Å². The van der Waals surface area contributed by atoms with Gasteiger partial charge < -0.3 is 9.47 Å². The van der Waals surface area contributed by atoms with Crippen molar-refractivity contribution in [2.75, 3.05) is 18.2 Å². The van der Waals surface area contributed by atoms with E-state index in [-0.39, 0.29) is 18.9 Å². The highest BCUT2D eigenvalue weighted by Gasteiger charge is 2.30. The lowest BCUT2D eigenvalue weighted by atomic mass is 10.1. The van der Waals surface area contributed by atoms with Crippen molar-refractivity contribution in [3.8, 4) is 0 Å². The van der Waals surface area contributed by atoms with Gasteiger partial charge in [-0.25, -0.2) is 9.59 Å². The molecule has 1 aliphatic rings. The SMILES string of the molecule is O=C(OCc1ccccc1)C(Cc1ccccc1)OC(=O)N1CCS(=O)C1. The highest BCUT2D eigenvalue weighted by molar-refractivity contribution is 7.85. The Balaban J connectivity index is 1.65. The van der Waals surface area contributed by atoms with Crippen LogP contribution in [0.15, 0.2) is 60.7 Å². The van der Waals surface area contributed by atoms with E-state index in [1.54, 1.807) is 0 Å². The fourth-order valence-corrected chi connectivity index (χ4v) is 3.81. The number of hydrogen-bond donors (Lipinski definition) is 0. The Bertz CT molecular complexity index is 797. The zero-order valence-electron chi connectivity index (χ0n) is 14.8. The van der Waals surface area contributed by atoms with Crippen LogP contribution in [0.3, 0.4) is 0 Å². The molecule has 2 atom stereocenters. The molecular weight excluding hydrogens is 366 g/mol. The molecule has 3 rings (SSSR count). The molecule has 2 aromatic rings. The number of amides is 1. The van der Waals surface area contributed by atoms with Gasteiger partial charge in [0.1, 0.15) is 6.61 Å². The smallest absolute Gasteiger partial charge is 0.411 e. The van der Waals surface area contributed by atoms with Crippen LogP contribution < -0.4 is 0 Å². The standard InChI is InChI=1S/C20H21NO5S/c22-19(25-14-17-9-5-2-6-10-17)18(13-16-7-3-1-4-8-16)26-20(23)21-11-12-27(24)15-21/h1-10,18H,11-15H2. The molecular formula is C20H21NO5S. The van der Waals surface area contributed by atoms with E-state index in [9.17, 15) is 13.8 Å². The second kappa shape index (κ2) is 9.32. The van der Waals surface area contributed by atoms with Gasteiger partial charge in [-0.15, -0.1) is 0 Å². The van der Waals surface area contributed by atoms with Gasteiger partial charge in [0.25, 0.3) is 0 Å². The lowest BCUT2D eigenvalue weighted by molar-refractivity contribution is -0.155. The van der Waals surface area contributed by atoms with Crippen LogP contribution in [0.4, 0.5) is 4.79 Å². The summed E-state index contributed by atoms with van der Waals surface area (Å²) in [5, 5.41) is 0. The molecule has 142 valence electrons. The van der Waals surface area contributed by atoms with E-state index in [1.165, 1.54) is 4.90 Å². The van der Waals surface area contributed by atoms with E-state index < -0.39 is 29.0 Å². The number of nitrogens with zero attached hydrogens (tertiary/aromatic N) is 1. The van der Waals surface area contributed by atoms with E-state index in [2.05, 4.69) is 0 Å². The zero-order valence-corrected chi connectivity index (χ0v) is 15.6. The van der Waals surface area contributed by atoms with Gasteiger partial charge >= 0.3 is 12.1 Å². The maximum Gasteiger partial charge on any atom is 0.411 e. The van der Waals surface area contributed by atoms with Gasteiger partial charge in [0.15, 0.2) is 0 Å². The minimum atomic E-state index is -1.06. The van der Waals surface area contributed by atoms with E-state index in [0.717, 1.165) is 11.1 Å². The molecule has 1 aliphatic heterocycles. The average Bonchev–Trinajstić information content (AvgIpc) is 3.14. The van der Waals surface area contributed by atoms with Gasteiger partial charge in [-0.2, -0.15) is 0 Å². The molecule has 7 heteroatoms. The molecule has 2 aromatic carbocycles. The first-order chi connectivity index (χ1) is 13.1. The summed E-state index contributed by atoms with van der Waals surface area (Å²) in [6.07, 6.45) is -1.48. The molecule has 6 nitrogen and oxygen atoms in total. The van der Waals surface area contributed by atoms with Gasteiger partial charge in [0.05, 0.1) is 5.88 Å². The van der Waals surface area contributed by atoms with Crippen LogP contribution in [0.1, 0.15) is 11.1 Å². The summed E-state index contributed by atoms with van der Waals surface area (Å²) >= 11 is 0. The van der Waals surface area contributed by atoms with Crippen molar-refractivity contribution >= 4 is 22.9 Å². The molecule has 27 heavy (non-hydrogen) atoms. The fourth-order valence-electron chi connectivity index (χ4n) is 2.68. The van der Waals surface area contributed by atoms with Gasteiger partial charge in [0, 0.05) is 29.5 Å². The van der Waals surface area contributed by atoms with E-state index in [1.807, 2.05) is 60.7 Å². The maximum absolute atomic E-state index is 12.6. The number of rotatable bonds is 6. The molecule has 0 saturated carbocycles. The molecule has 1 saturated heterocycles. The predicted molar refractivity (Wildman–Crippen MR) is 101 cm³/mol. The summed E-state index contributed by atoms with van der Waals surface area (Å²) in [6, 6.07) is 18.6. The first-order valence-corrected chi connectivity index (χ1v) is 10.2. The van der Waals surface area contributed by atoms with Crippen molar-refractivity contribution in [2.24, 2.45) is 0 Å². The third-order valence-electron chi connectivity index (χ3n) is 4.14. The van der Waals surface area contributed by atoms with Crippen LogP contribution in [0.25, 0.3) is 0 Å². The van der Waals surface area contributed by atoms with Crippen molar-refractivity contribution in [3.05, 3.63) is 71.8 Å². The lowest BCUT2D eigenvalue weighted by Crippen LogP contribution is -2.37. The Labute approximate surface area is 160 Å². The Kier molecular flexibility index (Phi) is 6.59. The van der Waals surface area contributed by atoms with Crippen LogP contribution in [0.2, 0.25) is 0 Å². The number of hydrogen-bond acceptors (Lipinski definition) is 5. The van der Waals surface area contributed by atoms with E-state index >= 15 is 0 Å².